The second-order valence-electron chi connectivity index (χ2n) is 7.08. The third-order valence-corrected chi connectivity index (χ3v) is 4.79. The fourth-order valence-corrected chi connectivity index (χ4v) is 3.17. The van der Waals surface area contributed by atoms with E-state index in [2.05, 4.69) is 0 Å². The summed E-state index contributed by atoms with van der Waals surface area (Å²) >= 11 is 0. The quantitative estimate of drug-likeness (QED) is 0.774. The molecular formula is C20H30N2O4. The smallest absolute Gasteiger partial charge is 0.402 e. The molecule has 2 heterocycles. The first-order valence-electron chi connectivity index (χ1n) is 9.46. The summed E-state index contributed by atoms with van der Waals surface area (Å²) in [7, 11) is 0. The summed E-state index contributed by atoms with van der Waals surface area (Å²) in [5.41, 5.74) is 13.7. The number of allylic oxidation sites excluding steroid dienone is 1. The maximum Gasteiger partial charge on any atom is 0.412 e. The van der Waals surface area contributed by atoms with Crippen LogP contribution in [0.2, 0.25) is 0 Å². The Bertz CT molecular complexity index is 560. The van der Waals surface area contributed by atoms with E-state index >= 15 is 0 Å². The molecule has 26 heavy (non-hydrogen) atoms. The Morgan fingerprint density at radius 2 is 1.54 bits per heavy atom. The first-order valence-corrected chi connectivity index (χ1v) is 9.46. The molecule has 0 aliphatic carbocycles. The molecule has 2 aliphatic heterocycles. The van der Waals surface area contributed by atoms with Crippen LogP contribution in [-0.4, -0.2) is 39.1 Å². The van der Waals surface area contributed by atoms with Gasteiger partial charge in [0, 0.05) is 17.5 Å². The third kappa shape index (κ3) is 5.53. The van der Waals surface area contributed by atoms with Gasteiger partial charge in [0.15, 0.2) is 0 Å². The number of hydrogen-bond donors (Lipinski definition) is 2. The Labute approximate surface area is 155 Å². The van der Waals surface area contributed by atoms with Crippen molar-refractivity contribution in [3.63, 3.8) is 0 Å². The van der Waals surface area contributed by atoms with E-state index in [0.29, 0.717) is 38.9 Å². The Kier molecular flexibility index (Phi) is 7.05. The van der Waals surface area contributed by atoms with Crippen molar-refractivity contribution in [3.8, 4) is 0 Å². The van der Waals surface area contributed by atoms with Crippen LogP contribution in [0.4, 0.5) is 0 Å². The molecule has 1 aromatic carbocycles. The van der Waals surface area contributed by atoms with E-state index < -0.39 is 6.16 Å². The molecule has 144 valence electrons. The minimum absolute atomic E-state index is 0.283. The van der Waals surface area contributed by atoms with Gasteiger partial charge in [0.2, 0.25) is 0 Å². The highest BCUT2D eigenvalue weighted by Crippen LogP contribution is 2.31. The lowest BCUT2D eigenvalue weighted by Gasteiger charge is -2.42. The minimum Gasteiger partial charge on any atom is -0.402 e. The van der Waals surface area contributed by atoms with Crippen LogP contribution in [0.5, 0.6) is 0 Å². The van der Waals surface area contributed by atoms with Crippen LogP contribution >= 0.6 is 0 Å². The van der Waals surface area contributed by atoms with Gasteiger partial charge in [0.25, 0.3) is 0 Å². The van der Waals surface area contributed by atoms with Crippen molar-refractivity contribution in [2.24, 2.45) is 23.3 Å². The van der Waals surface area contributed by atoms with Crippen LogP contribution in [0, 0.1) is 11.8 Å². The lowest BCUT2D eigenvalue weighted by molar-refractivity contribution is -0.535. The lowest BCUT2D eigenvalue weighted by Crippen LogP contribution is -2.53. The van der Waals surface area contributed by atoms with E-state index in [0.717, 1.165) is 36.9 Å². The molecule has 0 amide bonds. The summed E-state index contributed by atoms with van der Waals surface area (Å²) in [5, 5.41) is 0. The maximum atomic E-state index is 6.14. The first-order chi connectivity index (χ1) is 12.7. The molecule has 0 atom stereocenters. The average Bonchev–Trinajstić information content (AvgIpc) is 2.68. The summed E-state index contributed by atoms with van der Waals surface area (Å²) in [6.45, 7) is 2.95. The Morgan fingerprint density at radius 3 is 2.12 bits per heavy atom. The highest BCUT2D eigenvalue weighted by Gasteiger charge is 2.44. The molecule has 4 N–H and O–H groups in total. The van der Waals surface area contributed by atoms with Crippen LogP contribution in [0.1, 0.15) is 31.2 Å². The monoisotopic (exact) mass is 362 g/mol. The molecule has 6 heteroatoms. The van der Waals surface area contributed by atoms with Crippen molar-refractivity contribution >= 4 is 6.08 Å². The minimum atomic E-state index is -1.30. The molecule has 0 saturated carbocycles. The first kappa shape index (κ1) is 19.3. The van der Waals surface area contributed by atoms with Crippen LogP contribution in [0.15, 0.2) is 36.0 Å². The average molecular weight is 362 g/mol. The number of benzene rings is 1. The van der Waals surface area contributed by atoms with Gasteiger partial charge < -0.3 is 30.4 Å². The fourth-order valence-electron chi connectivity index (χ4n) is 3.17. The largest absolute Gasteiger partial charge is 0.412 e. The van der Waals surface area contributed by atoms with E-state index in [4.69, 9.17) is 30.4 Å². The Morgan fingerprint density at radius 1 is 0.962 bits per heavy atom. The number of nitrogens with two attached hydrogens (primary N) is 2. The van der Waals surface area contributed by atoms with Crippen molar-refractivity contribution in [3.05, 3.63) is 41.6 Å². The van der Waals surface area contributed by atoms with Gasteiger partial charge in [-0.3, -0.25) is 0 Å². The second kappa shape index (κ2) is 9.48. The predicted octanol–water partition coefficient (Wildman–Crippen LogP) is 2.44. The predicted molar refractivity (Wildman–Crippen MR) is 99.6 cm³/mol. The molecule has 0 bridgehead atoms. The van der Waals surface area contributed by atoms with Crippen LogP contribution in [-0.2, 0) is 18.9 Å². The highest BCUT2D eigenvalue weighted by atomic mass is 17.0. The van der Waals surface area contributed by atoms with Crippen molar-refractivity contribution in [1.29, 1.82) is 0 Å². The van der Waals surface area contributed by atoms with E-state index in [1.807, 2.05) is 36.4 Å². The van der Waals surface area contributed by atoms with Crippen molar-refractivity contribution in [2.45, 2.75) is 31.8 Å². The van der Waals surface area contributed by atoms with Crippen LogP contribution in [0.25, 0.3) is 6.08 Å². The van der Waals surface area contributed by atoms with E-state index in [1.165, 1.54) is 0 Å². The zero-order chi connectivity index (χ0) is 18.2. The summed E-state index contributed by atoms with van der Waals surface area (Å²) < 4.78 is 23.0. The molecule has 0 radical (unpaired) electrons. The van der Waals surface area contributed by atoms with Crippen molar-refractivity contribution in [1.82, 2.24) is 0 Å². The van der Waals surface area contributed by atoms with Crippen LogP contribution < -0.4 is 11.5 Å². The Hall–Kier alpha value is -1.44. The molecule has 3 rings (SSSR count). The van der Waals surface area contributed by atoms with Crippen molar-refractivity contribution in [2.75, 3.05) is 33.0 Å². The maximum absolute atomic E-state index is 6.14. The molecule has 2 aliphatic rings. The van der Waals surface area contributed by atoms with Gasteiger partial charge in [-0.25, -0.2) is 0 Å². The molecule has 1 spiro atoms. The highest BCUT2D eigenvalue weighted by molar-refractivity contribution is 5.51. The van der Waals surface area contributed by atoms with Gasteiger partial charge in [-0.2, -0.15) is 0 Å². The van der Waals surface area contributed by atoms with Gasteiger partial charge in [-0.15, -0.1) is 0 Å². The summed E-state index contributed by atoms with van der Waals surface area (Å²) in [6, 6.07) is 10.1. The van der Waals surface area contributed by atoms with E-state index in [-0.39, 0.29) is 5.92 Å². The second-order valence-corrected chi connectivity index (χ2v) is 7.08. The normalized spacial score (nSPS) is 29.8. The topological polar surface area (TPSA) is 89.0 Å². The molecular weight excluding hydrogens is 332 g/mol. The van der Waals surface area contributed by atoms with Crippen molar-refractivity contribution < 1.29 is 18.9 Å². The molecule has 0 unspecified atom stereocenters. The molecule has 2 saturated heterocycles. The number of hydrogen-bond acceptors (Lipinski definition) is 6. The standard InChI is InChI=1S/C20H30N2O4/c21-10-4-7-17-12-23-20(24-13-17)25-14-18(15-26-20)8-9-19(22)11-16-5-2-1-3-6-16/h1-3,5-6,11,17-18H,4,7-10,12-15,21-22H2. The number of rotatable bonds is 7. The summed E-state index contributed by atoms with van der Waals surface area (Å²) in [5.74, 6) is 0.641. The van der Waals surface area contributed by atoms with Gasteiger partial charge in [-0.1, -0.05) is 30.3 Å². The van der Waals surface area contributed by atoms with Gasteiger partial charge in [0.1, 0.15) is 0 Å². The van der Waals surface area contributed by atoms with Gasteiger partial charge in [-0.05, 0) is 43.9 Å². The van der Waals surface area contributed by atoms with Gasteiger partial charge >= 0.3 is 6.16 Å². The van der Waals surface area contributed by atoms with Gasteiger partial charge in [0.05, 0.1) is 26.4 Å². The molecule has 0 aromatic heterocycles. The Balaban J connectivity index is 1.38. The zero-order valence-corrected chi connectivity index (χ0v) is 15.3. The zero-order valence-electron chi connectivity index (χ0n) is 15.3. The SMILES string of the molecule is NCCCC1COC2(OC1)OCC(CCC(N)=Cc1ccccc1)CO2. The number of ether oxygens (including phenoxy) is 4. The summed E-state index contributed by atoms with van der Waals surface area (Å²) in [4.78, 5) is 0. The van der Waals surface area contributed by atoms with Crippen LogP contribution in [0.3, 0.4) is 0 Å². The fraction of sp³-hybridized carbons (Fsp3) is 0.600. The molecule has 6 nitrogen and oxygen atoms in total. The molecule has 2 fully saturated rings. The van der Waals surface area contributed by atoms with E-state index in [9.17, 15) is 0 Å². The summed E-state index contributed by atoms with van der Waals surface area (Å²) in [6.07, 6.45) is 4.41. The lowest BCUT2D eigenvalue weighted by atomic mass is 10.0. The molecule has 1 aromatic rings. The third-order valence-electron chi connectivity index (χ3n) is 4.79. The van der Waals surface area contributed by atoms with E-state index in [1.54, 1.807) is 0 Å².